The lowest BCUT2D eigenvalue weighted by Gasteiger charge is -2.35. The van der Waals surface area contributed by atoms with Crippen LogP contribution in [0, 0.1) is 17.3 Å². The molecule has 0 nitrogen and oxygen atoms in total. The number of hydrogen-bond donors (Lipinski definition) is 0. The maximum Gasteiger partial charge on any atom is -0.0105 e. The van der Waals surface area contributed by atoms with Crippen LogP contribution in [0.5, 0.6) is 0 Å². The zero-order chi connectivity index (χ0) is 8.77. The predicted octanol–water partition coefficient (Wildman–Crippen LogP) is 3.55. The Kier molecular flexibility index (Phi) is 1.67. The summed E-state index contributed by atoms with van der Waals surface area (Å²) in [5.74, 6) is 1.63. The maximum absolute atomic E-state index is 2.45. The van der Waals surface area contributed by atoms with Crippen molar-refractivity contribution in [2.45, 2.75) is 33.6 Å². The lowest BCUT2D eigenvalue weighted by molar-refractivity contribution is 0.234. The average Bonchev–Trinajstić information content (AvgIpc) is 2.30. The third-order valence-corrected chi connectivity index (χ3v) is 3.38. The van der Waals surface area contributed by atoms with Gasteiger partial charge in [-0.05, 0) is 35.7 Å². The molecule has 0 aromatic rings. The molecule has 0 saturated heterocycles. The summed E-state index contributed by atoms with van der Waals surface area (Å²) in [5, 5.41) is 0. The third-order valence-electron chi connectivity index (χ3n) is 3.38. The standard InChI is InChI=1S/C12H18/c1-9-7-10-5-4-6-12(2,3)11(10)8-9/h4-5,7,9,11H,6,8H2,1-3H3. The number of allylic oxidation sites excluding steroid dienone is 4. The zero-order valence-electron chi connectivity index (χ0n) is 8.30. The number of hydrogen-bond acceptors (Lipinski definition) is 0. The largest absolute Gasteiger partial charge is 0.0837 e. The fraction of sp³-hybridized carbons (Fsp3) is 0.667. The highest BCUT2D eigenvalue weighted by Gasteiger charge is 2.36. The van der Waals surface area contributed by atoms with Gasteiger partial charge in [-0.15, -0.1) is 0 Å². The van der Waals surface area contributed by atoms with E-state index in [2.05, 4.69) is 39.0 Å². The number of rotatable bonds is 0. The highest BCUT2D eigenvalue weighted by Crippen LogP contribution is 2.47. The van der Waals surface area contributed by atoms with Gasteiger partial charge in [0.1, 0.15) is 0 Å². The van der Waals surface area contributed by atoms with Crippen LogP contribution in [0.2, 0.25) is 0 Å². The van der Waals surface area contributed by atoms with Crippen molar-refractivity contribution in [1.82, 2.24) is 0 Å². The molecule has 2 atom stereocenters. The van der Waals surface area contributed by atoms with Crippen LogP contribution in [0.3, 0.4) is 0 Å². The molecule has 0 bridgehead atoms. The van der Waals surface area contributed by atoms with Crippen molar-refractivity contribution in [3.8, 4) is 0 Å². The molecule has 0 radical (unpaired) electrons. The molecule has 12 heavy (non-hydrogen) atoms. The summed E-state index contributed by atoms with van der Waals surface area (Å²) in [4.78, 5) is 0. The molecule has 0 aromatic heterocycles. The first-order chi connectivity index (χ1) is 5.59. The minimum atomic E-state index is 0.505. The molecule has 0 amide bonds. The molecule has 0 saturated carbocycles. The summed E-state index contributed by atoms with van der Waals surface area (Å²) in [6.07, 6.45) is 9.73. The van der Waals surface area contributed by atoms with Crippen LogP contribution in [0.4, 0.5) is 0 Å². The summed E-state index contributed by atoms with van der Waals surface area (Å²) >= 11 is 0. The fourth-order valence-corrected chi connectivity index (χ4v) is 2.60. The summed E-state index contributed by atoms with van der Waals surface area (Å²) in [6.45, 7) is 7.12. The van der Waals surface area contributed by atoms with Crippen LogP contribution in [0.1, 0.15) is 33.6 Å². The van der Waals surface area contributed by atoms with E-state index in [1.165, 1.54) is 12.8 Å². The minimum Gasteiger partial charge on any atom is -0.0837 e. The highest BCUT2D eigenvalue weighted by molar-refractivity contribution is 5.32. The molecular weight excluding hydrogens is 144 g/mol. The summed E-state index contributed by atoms with van der Waals surface area (Å²) in [5.41, 5.74) is 2.10. The van der Waals surface area contributed by atoms with E-state index in [0.717, 1.165) is 11.8 Å². The summed E-state index contributed by atoms with van der Waals surface area (Å²) in [7, 11) is 0. The van der Waals surface area contributed by atoms with Crippen LogP contribution in [-0.4, -0.2) is 0 Å². The van der Waals surface area contributed by atoms with Gasteiger partial charge in [-0.25, -0.2) is 0 Å². The van der Waals surface area contributed by atoms with Gasteiger partial charge in [0, 0.05) is 0 Å². The van der Waals surface area contributed by atoms with Gasteiger partial charge in [0.2, 0.25) is 0 Å². The van der Waals surface area contributed by atoms with E-state index in [4.69, 9.17) is 0 Å². The van der Waals surface area contributed by atoms with Crippen molar-refractivity contribution in [2.24, 2.45) is 17.3 Å². The molecule has 2 unspecified atom stereocenters. The topological polar surface area (TPSA) is 0 Å². The maximum atomic E-state index is 2.45. The molecule has 0 fully saturated rings. The van der Waals surface area contributed by atoms with Crippen molar-refractivity contribution in [2.75, 3.05) is 0 Å². The zero-order valence-corrected chi connectivity index (χ0v) is 8.30. The molecule has 0 heteroatoms. The van der Waals surface area contributed by atoms with Gasteiger partial charge in [-0.2, -0.15) is 0 Å². The Morgan fingerprint density at radius 2 is 2.17 bits per heavy atom. The first-order valence-electron chi connectivity index (χ1n) is 4.98. The van der Waals surface area contributed by atoms with Crippen molar-refractivity contribution in [3.05, 3.63) is 23.8 Å². The quantitative estimate of drug-likeness (QED) is 0.511. The van der Waals surface area contributed by atoms with Gasteiger partial charge in [-0.3, -0.25) is 0 Å². The first kappa shape index (κ1) is 8.10. The first-order valence-corrected chi connectivity index (χ1v) is 4.98. The smallest absolute Gasteiger partial charge is 0.0105 e. The van der Waals surface area contributed by atoms with Crippen molar-refractivity contribution in [3.63, 3.8) is 0 Å². The second-order valence-electron chi connectivity index (χ2n) is 5.03. The molecule has 0 N–H and O–H groups in total. The van der Waals surface area contributed by atoms with Gasteiger partial charge >= 0.3 is 0 Å². The lowest BCUT2D eigenvalue weighted by atomic mass is 9.70. The molecule has 0 heterocycles. The van der Waals surface area contributed by atoms with Crippen molar-refractivity contribution < 1.29 is 0 Å². The van der Waals surface area contributed by atoms with E-state index >= 15 is 0 Å². The van der Waals surface area contributed by atoms with Crippen molar-refractivity contribution in [1.29, 1.82) is 0 Å². The Balaban J connectivity index is 2.32. The normalized spacial score (nSPS) is 37.8. The minimum absolute atomic E-state index is 0.505. The Labute approximate surface area is 75.4 Å². The van der Waals surface area contributed by atoms with Gasteiger partial charge in [0.15, 0.2) is 0 Å². The molecule has 2 aliphatic rings. The molecule has 2 rings (SSSR count). The monoisotopic (exact) mass is 162 g/mol. The molecule has 0 aromatic carbocycles. The van der Waals surface area contributed by atoms with Gasteiger partial charge in [-0.1, -0.05) is 39.0 Å². The Morgan fingerprint density at radius 1 is 1.42 bits per heavy atom. The molecular formula is C12H18. The van der Waals surface area contributed by atoms with E-state index in [1.807, 2.05) is 0 Å². The van der Waals surface area contributed by atoms with Crippen LogP contribution < -0.4 is 0 Å². The van der Waals surface area contributed by atoms with Gasteiger partial charge in [0.05, 0.1) is 0 Å². The number of fused-ring (bicyclic) bond motifs is 1. The Bertz CT molecular complexity index is 243. The highest BCUT2D eigenvalue weighted by atomic mass is 14.4. The second kappa shape index (κ2) is 2.48. The molecule has 0 aliphatic heterocycles. The van der Waals surface area contributed by atoms with Crippen molar-refractivity contribution >= 4 is 0 Å². The van der Waals surface area contributed by atoms with Crippen LogP contribution >= 0.6 is 0 Å². The SMILES string of the molecule is CC1C=C2C=CCC(C)(C)C2C1. The lowest BCUT2D eigenvalue weighted by Crippen LogP contribution is -2.25. The van der Waals surface area contributed by atoms with E-state index in [-0.39, 0.29) is 0 Å². The van der Waals surface area contributed by atoms with Crippen LogP contribution in [0.25, 0.3) is 0 Å². The van der Waals surface area contributed by atoms with E-state index < -0.39 is 0 Å². The van der Waals surface area contributed by atoms with E-state index in [9.17, 15) is 0 Å². The van der Waals surface area contributed by atoms with Gasteiger partial charge in [0.25, 0.3) is 0 Å². The van der Waals surface area contributed by atoms with Gasteiger partial charge < -0.3 is 0 Å². The molecule has 0 spiro atoms. The summed E-state index contributed by atoms with van der Waals surface area (Å²) in [6, 6.07) is 0. The molecule has 66 valence electrons. The van der Waals surface area contributed by atoms with Crippen LogP contribution in [-0.2, 0) is 0 Å². The Morgan fingerprint density at radius 3 is 2.83 bits per heavy atom. The summed E-state index contributed by atoms with van der Waals surface area (Å²) < 4.78 is 0. The third kappa shape index (κ3) is 1.14. The predicted molar refractivity (Wildman–Crippen MR) is 52.9 cm³/mol. The fourth-order valence-electron chi connectivity index (χ4n) is 2.60. The average molecular weight is 162 g/mol. The van der Waals surface area contributed by atoms with E-state index in [0.29, 0.717) is 5.41 Å². The second-order valence-corrected chi connectivity index (χ2v) is 5.03. The molecule has 2 aliphatic carbocycles. The van der Waals surface area contributed by atoms with Crippen LogP contribution in [0.15, 0.2) is 23.8 Å². The van der Waals surface area contributed by atoms with E-state index in [1.54, 1.807) is 5.57 Å². The Hall–Kier alpha value is -0.520.